The van der Waals surface area contributed by atoms with Crippen molar-refractivity contribution in [2.24, 2.45) is 0 Å². The summed E-state index contributed by atoms with van der Waals surface area (Å²) in [6, 6.07) is 9.73. The fourth-order valence-electron chi connectivity index (χ4n) is 2.31. The third kappa shape index (κ3) is 5.07. The van der Waals surface area contributed by atoms with E-state index in [1.807, 2.05) is 30.3 Å². The first-order chi connectivity index (χ1) is 10.1. The predicted octanol–water partition coefficient (Wildman–Crippen LogP) is 0.988. The SMILES string of the molecule is O=C(O)CCN1CCN(C(=O)NCc2ccccc2)CC1. The molecule has 0 saturated carbocycles. The maximum Gasteiger partial charge on any atom is 0.317 e. The van der Waals surface area contributed by atoms with Crippen LogP contribution >= 0.6 is 0 Å². The largest absolute Gasteiger partial charge is 0.481 e. The number of hydrogen-bond donors (Lipinski definition) is 2. The Kier molecular flexibility index (Phi) is 5.57. The minimum absolute atomic E-state index is 0.0586. The molecule has 1 heterocycles. The smallest absolute Gasteiger partial charge is 0.317 e. The summed E-state index contributed by atoms with van der Waals surface area (Å²) in [5.74, 6) is -0.780. The van der Waals surface area contributed by atoms with Crippen LogP contribution < -0.4 is 5.32 Å². The average molecular weight is 291 g/mol. The van der Waals surface area contributed by atoms with Crippen molar-refractivity contribution in [2.45, 2.75) is 13.0 Å². The van der Waals surface area contributed by atoms with E-state index in [-0.39, 0.29) is 12.5 Å². The van der Waals surface area contributed by atoms with Crippen LogP contribution in [0.1, 0.15) is 12.0 Å². The summed E-state index contributed by atoms with van der Waals surface area (Å²) in [4.78, 5) is 26.4. The first-order valence-electron chi connectivity index (χ1n) is 7.16. The molecule has 0 radical (unpaired) electrons. The van der Waals surface area contributed by atoms with E-state index >= 15 is 0 Å². The zero-order valence-electron chi connectivity index (χ0n) is 12.0. The number of carbonyl (C=O) groups excluding carboxylic acids is 1. The Morgan fingerprint density at radius 2 is 1.76 bits per heavy atom. The number of carbonyl (C=O) groups is 2. The van der Waals surface area contributed by atoms with E-state index in [0.29, 0.717) is 26.2 Å². The zero-order chi connectivity index (χ0) is 15.1. The number of carboxylic acid groups (broad SMARTS) is 1. The van der Waals surface area contributed by atoms with Gasteiger partial charge in [0.2, 0.25) is 0 Å². The van der Waals surface area contributed by atoms with Crippen LogP contribution in [0.15, 0.2) is 30.3 Å². The molecule has 1 aromatic rings. The van der Waals surface area contributed by atoms with E-state index in [4.69, 9.17) is 5.11 Å². The van der Waals surface area contributed by atoms with Crippen molar-refractivity contribution < 1.29 is 14.7 Å². The quantitative estimate of drug-likeness (QED) is 0.848. The van der Waals surface area contributed by atoms with Gasteiger partial charge in [-0.2, -0.15) is 0 Å². The molecule has 0 aliphatic carbocycles. The lowest BCUT2D eigenvalue weighted by molar-refractivity contribution is -0.137. The molecule has 0 unspecified atom stereocenters. The molecule has 1 saturated heterocycles. The van der Waals surface area contributed by atoms with E-state index in [1.165, 1.54) is 0 Å². The van der Waals surface area contributed by atoms with Crippen LogP contribution in [0.25, 0.3) is 0 Å². The van der Waals surface area contributed by atoms with E-state index in [0.717, 1.165) is 18.7 Å². The van der Waals surface area contributed by atoms with Crippen LogP contribution in [0, 0.1) is 0 Å². The molecule has 0 bridgehead atoms. The van der Waals surface area contributed by atoms with Gasteiger partial charge in [0.1, 0.15) is 0 Å². The molecule has 0 aromatic heterocycles. The second-order valence-corrected chi connectivity index (χ2v) is 5.12. The summed E-state index contributed by atoms with van der Waals surface area (Å²) < 4.78 is 0. The molecule has 1 fully saturated rings. The van der Waals surface area contributed by atoms with Gasteiger partial charge < -0.3 is 15.3 Å². The summed E-state index contributed by atoms with van der Waals surface area (Å²) >= 11 is 0. The Balaban J connectivity index is 1.69. The standard InChI is InChI=1S/C15H21N3O3/c19-14(20)6-7-17-8-10-18(11-9-17)15(21)16-12-13-4-2-1-3-5-13/h1-5H,6-12H2,(H,16,21)(H,19,20). The molecule has 1 aliphatic heterocycles. The number of rotatable bonds is 5. The molecular weight excluding hydrogens is 270 g/mol. The van der Waals surface area contributed by atoms with Crippen molar-refractivity contribution in [1.29, 1.82) is 0 Å². The summed E-state index contributed by atoms with van der Waals surface area (Å²) in [5, 5.41) is 11.6. The molecule has 2 N–H and O–H groups in total. The number of amides is 2. The molecule has 1 aromatic carbocycles. The first-order valence-corrected chi connectivity index (χ1v) is 7.16. The van der Waals surface area contributed by atoms with Crippen LogP contribution in [0.2, 0.25) is 0 Å². The summed E-state index contributed by atoms with van der Waals surface area (Å²) in [6.07, 6.45) is 0.153. The first kappa shape index (κ1) is 15.3. The van der Waals surface area contributed by atoms with Gasteiger partial charge in [0.05, 0.1) is 6.42 Å². The number of nitrogens with zero attached hydrogens (tertiary/aromatic N) is 2. The number of aliphatic carboxylic acids is 1. The van der Waals surface area contributed by atoms with Gasteiger partial charge in [0.15, 0.2) is 0 Å². The Labute approximate surface area is 124 Å². The summed E-state index contributed by atoms with van der Waals surface area (Å²) in [7, 11) is 0. The highest BCUT2D eigenvalue weighted by Crippen LogP contribution is 2.04. The van der Waals surface area contributed by atoms with Crippen molar-refractivity contribution in [3.63, 3.8) is 0 Å². The number of benzene rings is 1. The molecule has 2 amide bonds. The Morgan fingerprint density at radius 3 is 2.38 bits per heavy atom. The minimum Gasteiger partial charge on any atom is -0.481 e. The molecule has 1 aliphatic rings. The minimum atomic E-state index is -0.780. The number of urea groups is 1. The van der Waals surface area contributed by atoms with Crippen LogP contribution in [-0.2, 0) is 11.3 Å². The van der Waals surface area contributed by atoms with Gasteiger partial charge in [-0.25, -0.2) is 4.79 Å². The maximum atomic E-state index is 12.0. The normalized spacial score (nSPS) is 15.7. The van der Waals surface area contributed by atoms with Crippen molar-refractivity contribution in [3.05, 3.63) is 35.9 Å². The van der Waals surface area contributed by atoms with E-state index in [2.05, 4.69) is 10.2 Å². The van der Waals surface area contributed by atoms with Crippen LogP contribution in [0.4, 0.5) is 4.79 Å². The molecule has 0 spiro atoms. The molecule has 6 heteroatoms. The van der Waals surface area contributed by atoms with Crippen LogP contribution in [0.3, 0.4) is 0 Å². The Bertz CT molecular complexity index is 470. The molecule has 114 valence electrons. The highest BCUT2D eigenvalue weighted by Gasteiger charge is 2.20. The van der Waals surface area contributed by atoms with E-state index in [1.54, 1.807) is 4.90 Å². The second kappa shape index (κ2) is 7.64. The maximum absolute atomic E-state index is 12.0. The van der Waals surface area contributed by atoms with Crippen molar-refractivity contribution in [2.75, 3.05) is 32.7 Å². The Hall–Kier alpha value is -2.08. The number of hydrogen-bond acceptors (Lipinski definition) is 3. The molecule has 2 rings (SSSR count). The Morgan fingerprint density at radius 1 is 1.10 bits per heavy atom. The van der Waals surface area contributed by atoms with Gasteiger partial charge >= 0.3 is 12.0 Å². The fourth-order valence-corrected chi connectivity index (χ4v) is 2.31. The van der Waals surface area contributed by atoms with Gasteiger partial charge in [-0.15, -0.1) is 0 Å². The number of carboxylic acids is 1. The van der Waals surface area contributed by atoms with Gasteiger partial charge in [-0.05, 0) is 5.56 Å². The van der Waals surface area contributed by atoms with Gasteiger partial charge in [-0.1, -0.05) is 30.3 Å². The highest BCUT2D eigenvalue weighted by molar-refractivity contribution is 5.74. The average Bonchev–Trinajstić information content (AvgIpc) is 2.52. The van der Waals surface area contributed by atoms with Crippen LogP contribution in [0.5, 0.6) is 0 Å². The third-order valence-electron chi connectivity index (χ3n) is 3.59. The lowest BCUT2D eigenvalue weighted by atomic mass is 10.2. The van der Waals surface area contributed by atoms with Crippen molar-refractivity contribution in [1.82, 2.24) is 15.1 Å². The predicted molar refractivity (Wildman–Crippen MR) is 78.9 cm³/mol. The molecule has 21 heavy (non-hydrogen) atoms. The zero-order valence-corrected chi connectivity index (χ0v) is 12.0. The molecular formula is C15H21N3O3. The van der Waals surface area contributed by atoms with Crippen molar-refractivity contribution in [3.8, 4) is 0 Å². The monoisotopic (exact) mass is 291 g/mol. The summed E-state index contributed by atoms with van der Waals surface area (Å²) in [6.45, 7) is 3.81. The third-order valence-corrected chi connectivity index (χ3v) is 3.59. The van der Waals surface area contributed by atoms with Gasteiger partial charge in [0.25, 0.3) is 0 Å². The lowest BCUT2D eigenvalue weighted by Gasteiger charge is -2.34. The van der Waals surface area contributed by atoms with E-state index in [9.17, 15) is 9.59 Å². The topological polar surface area (TPSA) is 72.9 Å². The molecule has 6 nitrogen and oxygen atoms in total. The van der Waals surface area contributed by atoms with Gasteiger partial charge in [0, 0.05) is 39.3 Å². The summed E-state index contributed by atoms with van der Waals surface area (Å²) in [5.41, 5.74) is 1.07. The van der Waals surface area contributed by atoms with Crippen molar-refractivity contribution >= 4 is 12.0 Å². The molecule has 0 atom stereocenters. The number of piperazine rings is 1. The lowest BCUT2D eigenvalue weighted by Crippen LogP contribution is -2.51. The number of nitrogens with one attached hydrogen (secondary N) is 1. The van der Waals surface area contributed by atoms with Gasteiger partial charge in [-0.3, -0.25) is 9.69 Å². The van der Waals surface area contributed by atoms with Crippen LogP contribution in [-0.4, -0.2) is 59.6 Å². The second-order valence-electron chi connectivity index (χ2n) is 5.12. The van der Waals surface area contributed by atoms with E-state index < -0.39 is 5.97 Å². The fraction of sp³-hybridized carbons (Fsp3) is 0.467. The highest BCUT2D eigenvalue weighted by atomic mass is 16.4.